The van der Waals surface area contributed by atoms with Gasteiger partial charge in [0, 0.05) is 24.2 Å². The monoisotopic (exact) mass is 357 g/mol. The lowest BCUT2D eigenvalue weighted by Crippen LogP contribution is -2.14. The number of nitrogens with one attached hydrogen (secondary N) is 1. The second-order valence-electron chi connectivity index (χ2n) is 5.36. The molecule has 2 aromatic carbocycles. The predicted molar refractivity (Wildman–Crippen MR) is 94.9 cm³/mol. The van der Waals surface area contributed by atoms with E-state index in [9.17, 15) is 14.4 Å². The summed E-state index contributed by atoms with van der Waals surface area (Å²) in [6, 6.07) is 10.9. The minimum atomic E-state index is -0.662. The van der Waals surface area contributed by atoms with Crippen LogP contribution in [0.15, 0.2) is 42.5 Å². The first kappa shape index (κ1) is 19.0. The summed E-state index contributed by atoms with van der Waals surface area (Å²) >= 11 is 0. The number of anilines is 1. The molecule has 2 rings (SSSR count). The van der Waals surface area contributed by atoms with Gasteiger partial charge in [-0.1, -0.05) is 0 Å². The summed E-state index contributed by atoms with van der Waals surface area (Å²) in [6.45, 7) is 0.990. The summed E-state index contributed by atoms with van der Waals surface area (Å²) in [5.41, 5.74) is 1.17. The molecule has 0 atom stereocenters. The van der Waals surface area contributed by atoms with Crippen LogP contribution < -0.4 is 14.8 Å². The fraction of sp³-hybridized carbons (Fsp3) is 0.211. The van der Waals surface area contributed by atoms with Crippen molar-refractivity contribution in [1.82, 2.24) is 0 Å². The standard InChI is InChI=1S/C19H19NO6/c1-12(21)20-15-6-4-13(5-7-15)18(22)11-26-19(23)14-8-16(24-2)10-17(9-14)25-3/h4-10H,11H2,1-3H3,(H,20,21). The maximum absolute atomic E-state index is 12.2. The van der Waals surface area contributed by atoms with Gasteiger partial charge in [-0.2, -0.15) is 0 Å². The van der Waals surface area contributed by atoms with E-state index in [1.807, 2.05) is 0 Å². The Labute approximate surface area is 150 Å². The molecule has 136 valence electrons. The summed E-state index contributed by atoms with van der Waals surface area (Å²) in [6.07, 6.45) is 0. The van der Waals surface area contributed by atoms with Crippen LogP contribution in [-0.4, -0.2) is 38.5 Å². The average molecular weight is 357 g/mol. The number of hydrogen-bond acceptors (Lipinski definition) is 6. The number of ether oxygens (including phenoxy) is 3. The first-order valence-corrected chi connectivity index (χ1v) is 7.74. The molecule has 0 spiro atoms. The molecule has 0 heterocycles. The van der Waals surface area contributed by atoms with Crippen LogP contribution in [0.25, 0.3) is 0 Å². The highest BCUT2D eigenvalue weighted by Crippen LogP contribution is 2.23. The lowest BCUT2D eigenvalue weighted by atomic mass is 10.1. The quantitative estimate of drug-likeness (QED) is 0.605. The Morgan fingerprint density at radius 3 is 1.96 bits per heavy atom. The molecule has 0 aliphatic carbocycles. The maximum Gasteiger partial charge on any atom is 0.338 e. The van der Waals surface area contributed by atoms with Gasteiger partial charge in [-0.3, -0.25) is 9.59 Å². The van der Waals surface area contributed by atoms with Gasteiger partial charge >= 0.3 is 5.97 Å². The van der Waals surface area contributed by atoms with Gasteiger partial charge in [-0.15, -0.1) is 0 Å². The highest BCUT2D eigenvalue weighted by atomic mass is 16.5. The molecule has 0 bridgehead atoms. The Hall–Kier alpha value is -3.35. The second-order valence-corrected chi connectivity index (χ2v) is 5.36. The van der Waals surface area contributed by atoms with Gasteiger partial charge in [0.2, 0.25) is 5.91 Å². The van der Waals surface area contributed by atoms with Crippen molar-refractivity contribution in [2.24, 2.45) is 0 Å². The van der Waals surface area contributed by atoms with Crippen molar-refractivity contribution >= 4 is 23.3 Å². The zero-order valence-electron chi connectivity index (χ0n) is 14.7. The minimum Gasteiger partial charge on any atom is -0.497 e. The third-order valence-corrected chi connectivity index (χ3v) is 3.45. The number of carbonyl (C=O) groups excluding carboxylic acids is 3. The zero-order chi connectivity index (χ0) is 19.1. The van der Waals surface area contributed by atoms with Crippen LogP contribution in [0.5, 0.6) is 11.5 Å². The first-order chi connectivity index (χ1) is 12.4. The van der Waals surface area contributed by atoms with Gasteiger partial charge < -0.3 is 19.5 Å². The molecule has 1 N–H and O–H groups in total. The molecule has 7 nitrogen and oxygen atoms in total. The molecule has 1 amide bonds. The fourth-order valence-corrected chi connectivity index (χ4v) is 2.17. The van der Waals surface area contributed by atoms with Crippen molar-refractivity contribution in [2.75, 3.05) is 26.1 Å². The van der Waals surface area contributed by atoms with E-state index >= 15 is 0 Å². The van der Waals surface area contributed by atoms with Gasteiger partial charge in [0.05, 0.1) is 19.8 Å². The number of esters is 1. The van der Waals surface area contributed by atoms with E-state index in [0.717, 1.165) is 0 Å². The fourth-order valence-electron chi connectivity index (χ4n) is 2.17. The number of benzene rings is 2. The molecule has 26 heavy (non-hydrogen) atoms. The summed E-state index contributed by atoms with van der Waals surface area (Å²) in [7, 11) is 2.94. The Bertz CT molecular complexity index is 791. The average Bonchev–Trinajstić information content (AvgIpc) is 2.65. The Balaban J connectivity index is 2.00. The Morgan fingerprint density at radius 1 is 0.885 bits per heavy atom. The van der Waals surface area contributed by atoms with Crippen LogP contribution >= 0.6 is 0 Å². The third-order valence-electron chi connectivity index (χ3n) is 3.45. The van der Waals surface area contributed by atoms with Crippen LogP contribution in [0.4, 0.5) is 5.69 Å². The Kier molecular flexibility index (Phi) is 6.32. The third kappa shape index (κ3) is 5.07. The summed E-state index contributed by atoms with van der Waals surface area (Å²) in [4.78, 5) is 35.3. The van der Waals surface area contributed by atoms with Crippen LogP contribution in [0.2, 0.25) is 0 Å². The lowest BCUT2D eigenvalue weighted by Gasteiger charge is -2.09. The van der Waals surface area contributed by atoms with E-state index in [4.69, 9.17) is 14.2 Å². The smallest absolute Gasteiger partial charge is 0.338 e. The van der Waals surface area contributed by atoms with Crippen LogP contribution in [0.3, 0.4) is 0 Å². The van der Waals surface area contributed by atoms with Crippen LogP contribution in [0.1, 0.15) is 27.6 Å². The number of ketones is 1. The van der Waals surface area contributed by atoms with Gasteiger partial charge in [-0.05, 0) is 36.4 Å². The largest absolute Gasteiger partial charge is 0.497 e. The van der Waals surface area contributed by atoms with E-state index in [2.05, 4.69) is 5.32 Å². The molecule has 0 unspecified atom stereocenters. The van der Waals surface area contributed by atoms with E-state index in [0.29, 0.717) is 22.7 Å². The zero-order valence-corrected chi connectivity index (χ0v) is 14.7. The van der Waals surface area contributed by atoms with E-state index in [1.165, 1.54) is 33.3 Å². The highest BCUT2D eigenvalue weighted by molar-refractivity contribution is 6.00. The predicted octanol–water partition coefficient (Wildman–Crippen LogP) is 2.70. The van der Waals surface area contributed by atoms with E-state index < -0.39 is 12.6 Å². The van der Waals surface area contributed by atoms with Gasteiger partial charge in [0.15, 0.2) is 12.4 Å². The molecular weight excluding hydrogens is 338 g/mol. The lowest BCUT2D eigenvalue weighted by molar-refractivity contribution is -0.114. The van der Waals surface area contributed by atoms with Crippen molar-refractivity contribution in [2.45, 2.75) is 6.92 Å². The number of rotatable bonds is 7. The molecular formula is C19H19NO6. The SMILES string of the molecule is COc1cc(OC)cc(C(=O)OCC(=O)c2ccc(NC(C)=O)cc2)c1. The number of methoxy groups -OCH3 is 2. The topological polar surface area (TPSA) is 90.9 Å². The van der Waals surface area contributed by atoms with Crippen molar-refractivity contribution < 1.29 is 28.6 Å². The molecule has 0 aliphatic rings. The number of hydrogen-bond donors (Lipinski definition) is 1. The van der Waals surface area contributed by atoms with Crippen LogP contribution in [-0.2, 0) is 9.53 Å². The van der Waals surface area contributed by atoms with Gasteiger partial charge in [-0.25, -0.2) is 4.79 Å². The molecule has 0 aliphatic heterocycles. The normalized spacial score (nSPS) is 9.96. The van der Waals surface area contributed by atoms with Crippen LogP contribution in [0, 0.1) is 0 Å². The molecule has 7 heteroatoms. The van der Waals surface area contributed by atoms with E-state index in [-0.39, 0.29) is 17.3 Å². The summed E-state index contributed by atoms with van der Waals surface area (Å²) in [5, 5.41) is 2.60. The molecule has 0 aromatic heterocycles. The number of Topliss-reactive ketones (excluding diaryl/α,β-unsaturated/α-hetero) is 1. The maximum atomic E-state index is 12.2. The second kappa shape index (κ2) is 8.66. The number of carbonyl (C=O) groups is 3. The van der Waals surface area contributed by atoms with Gasteiger partial charge in [0.1, 0.15) is 11.5 Å². The molecule has 0 saturated heterocycles. The minimum absolute atomic E-state index is 0.202. The molecule has 2 aromatic rings. The number of amides is 1. The highest BCUT2D eigenvalue weighted by Gasteiger charge is 2.14. The molecule has 0 fully saturated rings. The Morgan fingerprint density at radius 2 is 1.46 bits per heavy atom. The van der Waals surface area contributed by atoms with Crippen molar-refractivity contribution in [3.63, 3.8) is 0 Å². The van der Waals surface area contributed by atoms with Crippen molar-refractivity contribution in [3.05, 3.63) is 53.6 Å². The first-order valence-electron chi connectivity index (χ1n) is 7.74. The molecule has 0 radical (unpaired) electrons. The molecule has 0 saturated carbocycles. The van der Waals surface area contributed by atoms with Gasteiger partial charge in [0.25, 0.3) is 0 Å². The van der Waals surface area contributed by atoms with E-state index in [1.54, 1.807) is 30.3 Å². The summed E-state index contributed by atoms with van der Waals surface area (Å²) < 4.78 is 15.3. The summed E-state index contributed by atoms with van der Waals surface area (Å²) in [5.74, 6) is -0.341. The van der Waals surface area contributed by atoms with Crippen molar-refractivity contribution in [3.8, 4) is 11.5 Å². The van der Waals surface area contributed by atoms with Crippen molar-refractivity contribution in [1.29, 1.82) is 0 Å².